The number of nitrogens with zero attached hydrogens (tertiary/aromatic N) is 3. The third-order valence-corrected chi connectivity index (χ3v) is 4.21. The van der Waals surface area contributed by atoms with E-state index in [2.05, 4.69) is 35.2 Å². The Hall–Kier alpha value is -1.81. The molecule has 4 heteroatoms. The van der Waals surface area contributed by atoms with Gasteiger partial charge < -0.3 is 10.0 Å². The first-order chi connectivity index (χ1) is 9.65. The van der Waals surface area contributed by atoms with Crippen molar-refractivity contribution in [2.75, 3.05) is 18.5 Å². The Balaban J connectivity index is 1.68. The highest BCUT2D eigenvalue weighted by Gasteiger charge is 2.17. The second-order valence-electron chi connectivity index (χ2n) is 5.56. The van der Waals surface area contributed by atoms with Gasteiger partial charge in [-0.05, 0) is 42.5 Å². The van der Waals surface area contributed by atoms with E-state index in [9.17, 15) is 5.11 Å². The van der Waals surface area contributed by atoms with Gasteiger partial charge in [0.15, 0.2) is 0 Å². The molecular formula is C16H21N3O. The van der Waals surface area contributed by atoms with E-state index in [0.717, 1.165) is 37.1 Å². The summed E-state index contributed by atoms with van der Waals surface area (Å²) in [6, 6.07) is 8.34. The summed E-state index contributed by atoms with van der Waals surface area (Å²) in [7, 11) is 4.05. The monoisotopic (exact) mass is 271 g/mol. The molecule has 0 saturated carbocycles. The van der Waals surface area contributed by atoms with Gasteiger partial charge in [0.05, 0.1) is 6.10 Å². The molecule has 3 rings (SSSR count). The van der Waals surface area contributed by atoms with Gasteiger partial charge in [-0.3, -0.25) is 4.68 Å². The Morgan fingerprint density at radius 2 is 2.15 bits per heavy atom. The summed E-state index contributed by atoms with van der Waals surface area (Å²) in [5.74, 6) is 0. The van der Waals surface area contributed by atoms with Gasteiger partial charge >= 0.3 is 0 Å². The first-order valence-electron chi connectivity index (χ1n) is 7.14. The number of hydrogen-bond acceptors (Lipinski definition) is 3. The molecule has 0 spiro atoms. The summed E-state index contributed by atoms with van der Waals surface area (Å²) in [4.78, 5) is 2.27. The van der Waals surface area contributed by atoms with Gasteiger partial charge in [-0.2, -0.15) is 5.10 Å². The maximum Gasteiger partial charge on any atom is 0.0793 e. The Bertz CT molecular complexity index is 606. The molecule has 2 aromatic rings. The van der Waals surface area contributed by atoms with Crippen molar-refractivity contribution in [1.82, 2.24) is 9.78 Å². The molecular weight excluding hydrogens is 250 g/mol. The molecule has 0 fully saturated rings. The van der Waals surface area contributed by atoms with Crippen LogP contribution in [0, 0.1) is 0 Å². The number of rotatable bonds is 4. The first-order valence-corrected chi connectivity index (χ1v) is 7.14. The van der Waals surface area contributed by atoms with Gasteiger partial charge in [0.1, 0.15) is 0 Å². The molecule has 0 amide bonds. The Morgan fingerprint density at radius 1 is 1.30 bits per heavy atom. The van der Waals surface area contributed by atoms with Crippen LogP contribution in [-0.2, 0) is 19.9 Å². The molecule has 1 unspecified atom stereocenters. The molecule has 4 nitrogen and oxygen atoms in total. The van der Waals surface area contributed by atoms with E-state index in [0.29, 0.717) is 0 Å². The second kappa shape index (κ2) is 5.29. The van der Waals surface area contributed by atoms with E-state index >= 15 is 0 Å². The van der Waals surface area contributed by atoms with Crippen LogP contribution in [0.15, 0.2) is 30.5 Å². The van der Waals surface area contributed by atoms with Gasteiger partial charge in [0.2, 0.25) is 0 Å². The summed E-state index contributed by atoms with van der Waals surface area (Å²) in [5.41, 5.74) is 4.84. The largest absolute Gasteiger partial charge is 0.388 e. The third kappa shape index (κ3) is 2.43. The summed E-state index contributed by atoms with van der Waals surface area (Å²) >= 11 is 0. The van der Waals surface area contributed by atoms with E-state index in [4.69, 9.17) is 0 Å². The molecule has 0 aliphatic carbocycles. The molecule has 0 radical (unpaired) electrons. The Labute approximate surface area is 119 Å². The quantitative estimate of drug-likeness (QED) is 0.925. The zero-order valence-corrected chi connectivity index (χ0v) is 12.1. The van der Waals surface area contributed by atoms with Crippen molar-refractivity contribution < 1.29 is 5.11 Å². The molecule has 1 N–H and O–H groups in total. The minimum Gasteiger partial charge on any atom is -0.388 e. The lowest BCUT2D eigenvalue weighted by atomic mass is 10.0. The SMILES string of the molecule is CN1CCc2cc(C(O)CCc3ccnn3C)ccc21. The predicted molar refractivity (Wildman–Crippen MR) is 79.9 cm³/mol. The van der Waals surface area contributed by atoms with Crippen molar-refractivity contribution in [3.05, 3.63) is 47.3 Å². The Kier molecular flexibility index (Phi) is 3.49. The van der Waals surface area contributed by atoms with Gasteiger partial charge in [0.25, 0.3) is 0 Å². The average molecular weight is 271 g/mol. The predicted octanol–water partition coefficient (Wildman–Crippen LogP) is 2.08. The highest BCUT2D eigenvalue weighted by atomic mass is 16.3. The van der Waals surface area contributed by atoms with Crippen LogP contribution in [0.4, 0.5) is 5.69 Å². The van der Waals surface area contributed by atoms with Crippen LogP contribution < -0.4 is 4.90 Å². The number of likely N-dealkylation sites (N-methyl/N-ethyl adjacent to an activating group) is 1. The molecule has 1 aromatic heterocycles. The standard InChI is InChI=1S/C16H21N3O/c1-18-10-8-12-11-13(3-5-15(12)18)16(20)6-4-14-7-9-17-19(14)2/h3,5,7,9,11,16,20H,4,6,8,10H2,1-2H3. The number of aliphatic hydroxyl groups excluding tert-OH is 1. The van der Waals surface area contributed by atoms with Crippen molar-refractivity contribution in [3.63, 3.8) is 0 Å². The maximum atomic E-state index is 10.4. The summed E-state index contributed by atoms with van der Waals surface area (Å²) < 4.78 is 1.87. The van der Waals surface area contributed by atoms with Crippen LogP contribution in [-0.4, -0.2) is 28.5 Å². The van der Waals surface area contributed by atoms with Gasteiger partial charge in [0, 0.05) is 38.2 Å². The molecule has 20 heavy (non-hydrogen) atoms. The minimum absolute atomic E-state index is 0.402. The molecule has 1 aliphatic heterocycles. The molecule has 0 bridgehead atoms. The van der Waals surface area contributed by atoms with Gasteiger partial charge in [-0.1, -0.05) is 12.1 Å². The van der Waals surface area contributed by atoms with Crippen LogP contribution in [0.5, 0.6) is 0 Å². The minimum atomic E-state index is -0.402. The van der Waals surface area contributed by atoms with Crippen molar-refractivity contribution in [2.24, 2.45) is 7.05 Å². The maximum absolute atomic E-state index is 10.4. The fourth-order valence-corrected chi connectivity index (χ4v) is 2.89. The summed E-state index contributed by atoms with van der Waals surface area (Å²) in [6.07, 6.45) is 4.05. The smallest absolute Gasteiger partial charge is 0.0793 e. The summed E-state index contributed by atoms with van der Waals surface area (Å²) in [6.45, 7) is 1.07. The zero-order valence-electron chi connectivity index (χ0n) is 12.1. The van der Waals surface area contributed by atoms with Crippen LogP contribution in [0.3, 0.4) is 0 Å². The normalized spacial score (nSPS) is 15.4. The van der Waals surface area contributed by atoms with Crippen molar-refractivity contribution in [1.29, 1.82) is 0 Å². The zero-order chi connectivity index (χ0) is 14.1. The number of aromatic nitrogens is 2. The van der Waals surface area contributed by atoms with E-state index in [1.807, 2.05) is 17.8 Å². The third-order valence-electron chi connectivity index (χ3n) is 4.21. The first kappa shape index (κ1) is 13.2. The number of aliphatic hydroxyl groups is 1. The molecule has 106 valence electrons. The van der Waals surface area contributed by atoms with E-state index < -0.39 is 6.10 Å². The number of anilines is 1. The van der Waals surface area contributed by atoms with E-state index in [1.165, 1.54) is 11.3 Å². The lowest BCUT2D eigenvalue weighted by Crippen LogP contribution is -2.12. The van der Waals surface area contributed by atoms with Crippen molar-refractivity contribution >= 4 is 5.69 Å². The van der Waals surface area contributed by atoms with E-state index in [1.54, 1.807) is 6.20 Å². The van der Waals surface area contributed by atoms with Crippen LogP contribution in [0.25, 0.3) is 0 Å². The summed E-state index contributed by atoms with van der Waals surface area (Å²) in [5, 5.41) is 14.5. The fourth-order valence-electron chi connectivity index (χ4n) is 2.89. The lowest BCUT2D eigenvalue weighted by Gasteiger charge is -2.15. The molecule has 2 heterocycles. The fraction of sp³-hybridized carbons (Fsp3) is 0.438. The highest BCUT2D eigenvalue weighted by Crippen LogP contribution is 2.30. The number of hydrogen-bond donors (Lipinski definition) is 1. The van der Waals surface area contributed by atoms with Crippen molar-refractivity contribution in [3.8, 4) is 0 Å². The Morgan fingerprint density at radius 3 is 2.90 bits per heavy atom. The topological polar surface area (TPSA) is 41.3 Å². The second-order valence-corrected chi connectivity index (χ2v) is 5.56. The molecule has 0 saturated heterocycles. The van der Waals surface area contributed by atoms with Crippen molar-refractivity contribution in [2.45, 2.75) is 25.4 Å². The van der Waals surface area contributed by atoms with Crippen LogP contribution in [0.1, 0.15) is 29.3 Å². The van der Waals surface area contributed by atoms with Crippen LogP contribution in [0.2, 0.25) is 0 Å². The highest BCUT2D eigenvalue weighted by molar-refractivity contribution is 5.58. The van der Waals surface area contributed by atoms with Crippen LogP contribution >= 0.6 is 0 Å². The molecule has 1 aromatic carbocycles. The molecule has 1 atom stereocenters. The van der Waals surface area contributed by atoms with Gasteiger partial charge in [-0.15, -0.1) is 0 Å². The number of aryl methyl sites for hydroxylation is 2. The number of fused-ring (bicyclic) bond motifs is 1. The van der Waals surface area contributed by atoms with Gasteiger partial charge in [-0.25, -0.2) is 0 Å². The van der Waals surface area contributed by atoms with E-state index in [-0.39, 0.29) is 0 Å². The number of benzene rings is 1. The molecule has 1 aliphatic rings. The lowest BCUT2D eigenvalue weighted by molar-refractivity contribution is 0.167. The average Bonchev–Trinajstić information content (AvgIpc) is 3.02.